The van der Waals surface area contributed by atoms with Gasteiger partial charge in [0.15, 0.2) is 6.10 Å². The average Bonchev–Trinajstić information content (AvgIpc) is 2.66. The van der Waals surface area contributed by atoms with Gasteiger partial charge in [-0.3, -0.25) is 14.9 Å². The van der Waals surface area contributed by atoms with Crippen molar-refractivity contribution in [3.05, 3.63) is 71.8 Å². The Kier molecular flexibility index (Phi) is 7.36. The van der Waals surface area contributed by atoms with Gasteiger partial charge in [0, 0.05) is 13.0 Å². The van der Waals surface area contributed by atoms with Crippen LogP contribution in [0, 0.1) is 0 Å². The summed E-state index contributed by atoms with van der Waals surface area (Å²) in [6.45, 7) is 1.73. The van der Waals surface area contributed by atoms with Crippen molar-refractivity contribution in [2.75, 3.05) is 0 Å². The number of ether oxygens (including phenoxy) is 1. The molecule has 0 aromatic heterocycles. The molecule has 0 bridgehead atoms. The molecule has 2 N–H and O–H groups in total. The molecule has 2 rings (SSSR count). The average molecular weight is 354 g/mol. The highest BCUT2D eigenvalue weighted by Gasteiger charge is 2.19. The van der Waals surface area contributed by atoms with E-state index in [-0.39, 0.29) is 6.42 Å². The molecule has 0 fully saturated rings. The highest BCUT2D eigenvalue weighted by atomic mass is 16.5. The number of urea groups is 1. The van der Waals surface area contributed by atoms with Crippen LogP contribution in [0.5, 0.6) is 0 Å². The summed E-state index contributed by atoms with van der Waals surface area (Å²) >= 11 is 0. The number of imide groups is 1. The van der Waals surface area contributed by atoms with Crippen LogP contribution >= 0.6 is 0 Å². The molecule has 1 atom stereocenters. The first-order valence-corrected chi connectivity index (χ1v) is 8.40. The lowest BCUT2D eigenvalue weighted by Crippen LogP contribution is -2.44. The van der Waals surface area contributed by atoms with E-state index in [2.05, 4.69) is 10.6 Å². The predicted molar refractivity (Wildman–Crippen MR) is 97.1 cm³/mol. The van der Waals surface area contributed by atoms with Gasteiger partial charge in [0.05, 0.1) is 0 Å². The van der Waals surface area contributed by atoms with E-state index in [1.165, 1.54) is 6.92 Å². The molecule has 0 spiro atoms. The molecule has 2 aromatic carbocycles. The molecule has 0 saturated heterocycles. The van der Waals surface area contributed by atoms with Crippen LogP contribution in [0.2, 0.25) is 0 Å². The number of benzene rings is 2. The Bertz CT molecular complexity index is 732. The van der Waals surface area contributed by atoms with Gasteiger partial charge < -0.3 is 10.1 Å². The van der Waals surface area contributed by atoms with Gasteiger partial charge in [-0.05, 0) is 24.5 Å². The van der Waals surface area contributed by atoms with Crippen LogP contribution in [0.4, 0.5) is 4.79 Å². The first-order chi connectivity index (χ1) is 12.5. The van der Waals surface area contributed by atoms with Crippen molar-refractivity contribution in [3.8, 4) is 0 Å². The van der Waals surface area contributed by atoms with Gasteiger partial charge in [0.25, 0.3) is 5.91 Å². The second-order valence-electron chi connectivity index (χ2n) is 5.78. The summed E-state index contributed by atoms with van der Waals surface area (Å²) in [7, 11) is 0. The zero-order valence-corrected chi connectivity index (χ0v) is 14.6. The molecule has 2 aromatic rings. The van der Waals surface area contributed by atoms with Gasteiger partial charge in [-0.1, -0.05) is 60.7 Å². The second-order valence-corrected chi connectivity index (χ2v) is 5.78. The fourth-order valence-corrected chi connectivity index (χ4v) is 2.24. The highest BCUT2D eigenvalue weighted by molar-refractivity contribution is 5.97. The van der Waals surface area contributed by atoms with Crippen molar-refractivity contribution in [3.63, 3.8) is 0 Å². The molecule has 3 amide bonds. The maximum absolute atomic E-state index is 11.9. The van der Waals surface area contributed by atoms with E-state index < -0.39 is 24.0 Å². The van der Waals surface area contributed by atoms with Crippen molar-refractivity contribution in [1.29, 1.82) is 0 Å². The maximum Gasteiger partial charge on any atom is 0.321 e. The number of rotatable bonds is 7. The Morgan fingerprint density at radius 3 is 2.12 bits per heavy atom. The molecule has 136 valence electrons. The topological polar surface area (TPSA) is 84.5 Å². The van der Waals surface area contributed by atoms with Crippen LogP contribution in [0.15, 0.2) is 60.7 Å². The van der Waals surface area contributed by atoms with E-state index in [0.717, 1.165) is 11.1 Å². The second kappa shape index (κ2) is 9.98. The fraction of sp³-hybridized carbons (Fsp3) is 0.250. The lowest BCUT2D eigenvalue weighted by molar-refractivity contribution is -0.154. The lowest BCUT2D eigenvalue weighted by Gasteiger charge is -2.13. The van der Waals surface area contributed by atoms with Crippen molar-refractivity contribution in [2.24, 2.45) is 0 Å². The van der Waals surface area contributed by atoms with Crippen LogP contribution in [-0.4, -0.2) is 24.0 Å². The molecule has 0 aliphatic carbocycles. The van der Waals surface area contributed by atoms with Gasteiger partial charge in [0.2, 0.25) is 0 Å². The van der Waals surface area contributed by atoms with Crippen LogP contribution in [-0.2, 0) is 27.3 Å². The van der Waals surface area contributed by atoms with Crippen molar-refractivity contribution < 1.29 is 19.1 Å². The Hall–Kier alpha value is -3.15. The smallest absolute Gasteiger partial charge is 0.321 e. The number of esters is 1. The summed E-state index contributed by atoms with van der Waals surface area (Å²) in [6, 6.07) is 18.2. The number of hydrogen-bond donors (Lipinski definition) is 2. The molecule has 0 saturated carbocycles. The van der Waals surface area contributed by atoms with E-state index in [4.69, 9.17) is 4.74 Å². The quantitative estimate of drug-likeness (QED) is 0.749. The molecular formula is C20H22N2O4. The minimum Gasteiger partial charge on any atom is -0.453 e. The Labute approximate surface area is 152 Å². The molecular weight excluding hydrogens is 332 g/mol. The normalized spacial score (nSPS) is 11.3. The third-order valence-electron chi connectivity index (χ3n) is 3.67. The van der Waals surface area contributed by atoms with Gasteiger partial charge in [-0.25, -0.2) is 4.79 Å². The summed E-state index contributed by atoms with van der Waals surface area (Å²) in [4.78, 5) is 35.5. The Morgan fingerprint density at radius 1 is 0.923 bits per heavy atom. The number of carbonyl (C=O) groups excluding carboxylic acids is 3. The number of aryl methyl sites for hydroxylation is 1. The Balaban J connectivity index is 1.69. The lowest BCUT2D eigenvalue weighted by atomic mass is 10.1. The molecule has 26 heavy (non-hydrogen) atoms. The predicted octanol–water partition coefficient (Wildman–Crippen LogP) is 2.58. The van der Waals surface area contributed by atoms with Crippen LogP contribution in [0.1, 0.15) is 24.5 Å². The van der Waals surface area contributed by atoms with Gasteiger partial charge in [-0.15, -0.1) is 0 Å². The number of nitrogens with one attached hydrogen (secondary N) is 2. The van der Waals surface area contributed by atoms with Crippen molar-refractivity contribution in [1.82, 2.24) is 10.6 Å². The molecule has 1 unspecified atom stereocenters. The van der Waals surface area contributed by atoms with E-state index in [1.807, 2.05) is 60.7 Å². The van der Waals surface area contributed by atoms with Crippen LogP contribution in [0.3, 0.4) is 0 Å². The number of amides is 3. The highest BCUT2D eigenvalue weighted by Crippen LogP contribution is 2.04. The minimum atomic E-state index is -1.04. The summed E-state index contributed by atoms with van der Waals surface area (Å²) in [6.07, 6.45) is -0.339. The summed E-state index contributed by atoms with van der Waals surface area (Å²) in [5.41, 5.74) is 1.93. The maximum atomic E-state index is 11.9. The van der Waals surface area contributed by atoms with Gasteiger partial charge in [0.1, 0.15) is 0 Å². The summed E-state index contributed by atoms with van der Waals surface area (Å²) in [5.74, 6) is -1.15. The first-order valence-electron chi connectivity index (χ1n) is 8.40. The largest absolute Gasteiger partial charge is 0.453 e. The molecule has 0 aliphatic rings. The van der Waals surface area contributed by atoms with E-state index in [1.54, 1.807) is 0 Å². The molecule has 6 heteroatoms. The van der Waals surface area contributed by atoms with E-state index in [0.29, 0.717) is 13.0 Å². The Morgan fingerprint density at radius 2 is 1.50 bits per heavy atom. The number of hydrogen-bond acceptors (Lipinski definition) is 4. The van der Waals surface area contributed by atoms with Gasteiger partial charge in [-0.2, -0.15) is 0 Å². The van der Waals surface area contributed by atoms with Crippen LogP contribution in [0.25, 0.3) is 0 Å². The summed E-state index contributed by atoms with van der Waals surface area (Å²) < 4.78 is 5.07. The van der Waals surface area contributed by atoms with Gasteiger partial charge >= 0.3 is 12.0 Å². The first kappa shape index (κ1) is 19.2. The monoisotopic (exact) mass is 354 g/mol. The van der Waals surface area contributed by atoms with Crippen molar-refractivity contribution >= 4 is 17.9 Å². The molecule has 0 heterocycles. The zero-order chi connectivity index (χ0) is 18.8. The van der Waals surface area contributed by atoms with Crippen LogP contribution < -0.4 is 10.6 Å². The number of carbonyl (C=O) groups is 3. The minimum absolute atomic E-state index is 0.168. The molecule has 0 aliphatic heterocycles. The van der Waals surface area contributed by atoms with E-state index >= 15 is 0 Å². The SMILES string of the molecule is CC(OC(=O)CCc1ccccc1)C(=O)NC(=O)NCc1ccccc1. The third-order valence-corrected chi connectivity index (χ3v) is 3.67. The molecule has 6 nitrogen and oxygen atoms in total. The van der Waals surface area contributed by atoms with E-state index in [9.17, 15) is 14.4 Å². The standard InChI is InChI=1S/C20H22N2O4/c1-15(26-18(23)13-12-16-8-4-2-5-9-16)19(24)22-20(25)21-14-17-10-6-3-7-11-17/h2-11,15H,12-14H2,1H3,(H2,21,22,24,25). The van der Waals surface area contributed by atoms with Crippen molar-refractivity contribution in [2.45, 2.75) is 32.4 Å². The molecule has 0 radical (unpaired) electrons. The third kappa shape index (κ3) is 6.76. The summed E-state index contributed by atoms with van der Waals surface area (Å²) in [5, 5.41) is 4.74. The zero-order valence-electron chi connectivity index (χ0n) is 14.6. The fourth-order valence-electron chi connectivity index (χ4n) is 2.24.